The summed E-state index contributed by atoms with van der Waals surface area (Å²) in [5, 5.41) is 3.37. The normalized spacial score (nSPS) is 13.1. The second-order valence-electron chi connectivity index (χ2n) is 4.01. The second-order valence-corrected chi connectivity index (χ2v) is 4.01. The van der Waals surface area contributed by atoms with E-state index in [-0.39, 0.29) is 11.9 Å². The monoisotopic (exact) mass is 224 g/mol. The van der Waals surface area contributed by atoms with Gasteiger partial charge in [0.25, 0.3) is 0 Å². The van der Waals surface area contributed by atoms with E-state index in [1.165, 1.54) is 6.20 Å². The molecule has 0 saturated heterocycles. The maximum Gasteiger partial charge on any atom is 0.146 e. The van der Waals surface area contributed by atoms with Gasteiger partial charge in [0.2, 0.25) is 0 Å². The Kier molecular flexibility index (Phi) is 5.39. The standard InChI is InChI=1S/C13H21FN2/c1-4-10(5-2)13(16-6-3)11-7-8-15-9-12(11)14/h7-10,13,16H,4-6H2,1-3H3. The van der Waals surface area contributed by atoms with Crippen molar-refractivity contribution in [2.75, 3.05) is 6.54 Å². The highest BCUT2D eigenvalue weighted by atomic mass is 19.1. The van der Waals surface area contributed by atoms with Crippen LogP contribution in [0.25, 0.3) is 0 Å². The first-order valence-corrected chi connectivity index (χ1v) is 6.07. The van der Waals surface area contributed by atoms with E-state index in [9.17, 15) is 4.39 Å². The molecule has 1 N–H and O–H groups in total. The summed E-state index contributed by atoms with van der Waals surface area (Å²) in [5.74, 6) is 0.261. The number of nitrogens with one attached hydrogen (secondary N) is 1. The lowest BCUT2D eigenvalue weighted by atomic mass is 9.89. The molecule has 0 aliphatic heterocycles. The first-order valence-electron chi connectivity index (χ1n) is 6.07. The molecule has 90 valence electrons. The van der Waals surface area contributed by atoms with Crippen molar-refractivity contribution in [2.45, 2.75) is 39.7 Å². The fourth-order valence-corrected chi connectivity index (χ4v) is 2.15. The summed E-state index contributed by atoms with van der Waals surface area (Å²) >= 11 is 0. The van der Waals surface area contributed by atoms with Crippen LogP contribution in [0.15, 0.2) is 18.5 Å². The Hall–Kier alpha value is -0.960. The van der Waals surface area contributed by atoms with Gasteiger partial charge in [0.1, 0.15) is 5.82 Å². The van der Waals surface area contributed by atoms with Crippen molar-refractivity contribution in [3.8, 4) is 0 Å². The van der Waals surface area contributed by atoms with Gasteiger partial charge in [-0.2, -0.15) is 0 Å². The van der Waals surface area contributed by atoms with Crippen LogP contribution in [-0.4, -0.2) is 11.5 Å². The molecule has 0 spiro atoms. The van der Waals surface area contributed by atoms with Crippen LogP contribution in [0, 0.1) is 11.7 Å². The van der Waals surface area contributed by atoms with E-state index in [1.54, 1.807) is 12.3 Å². The van der Waals surface area contributed by atoms with E-state index in [0.717, 1.165) is 24.9 Å². The highest BCUT2D eigenvalue weighted by molar-refractivity contribution is 5.18. The Balaban J connectivity index is 2.97. The molecule has 2 nitrogen and oxygen atoms in total. The van der Waals surface area contributed by atoms with E-state index in [1.807, 2.05) is 0 Å². The molecule has 1 aromatic heterocycles. The van der Waals surface area contributed by atoms with E-state index >= 15 is 0 Å². The molecule has 16 heavy (non-hydrogen) atoms. The molecule has 0 radical (unpaired) electrons. The average Bonchev–Trinajstić information content (AvgIpc) is 2.30. The Labute approximate surface area is 97.3 Å². The van der Waals surface area contributed by atoms with Crippen molar-refractivity contribution < 1.29 is 4.39 Å². The highest BCUT2D eigenvalue weighted by Gasteiger charge is 2.22. The average molecular weight is 224 g/mol. The predicted molar refractivity (Wildman–Crippen MR) is 64.7 cm³/mol. The van der Waals surface area contributed by atoms with Crippen LogP contribution in [0.2, 0.25) is 0 Å². The molecule has 0 bridgehead atoms. The van der Waals surface area contributed by atoms with Gasteiger partial charge in [-0.15, -0.1) is 0 Å². The molecule has 0 aromatic carbocycles. The molecular weight excluding hydrogens is 203 g/mol. The van der Waals surface area contributed by atoms with Gasteiger partial charge < -0.3 is 5.32 Å². The third-order valence-corrected chi connectivity index (χ3v) is 3.08. The fraction of sp³-hybridized carbons (Fsp3) is 0.615. The lowest BCUT2D eigenvalue weighted by Gasteiger charge is -2.26. The largest absolute Gasteiger partial charge is 0.310 e. The second kappa shape index (κ2) is 6.59. The third-order valence-electron chi connectivity index (χ3n) is 3.08. The van der Waals surface area contributed by atoms with Crippen LogP contribution in [0.5, 0.6) is 0 Å². The fourth-order valence-electron chi connectivity index (χ4n) is 2.15. The molecule has 3 heteroatoms. The predicted octanol–water partition coefficient (Wildman–Crippen LogP) is 3.31. The molecule has 1 rings (SSSR count). The van der Waals surface area contributed by atoms with Crippen LogP contribution in [0.1, 0.15) is 45.2 Å². The van der Waals surface area contributed by atoms with Crippen molar-refractivity contribution in [1.82, 2.24) is 10.3 Å². The zero-order chi connectivity index (χ0) is 12.0. The third kappa shape index (κ3) is 3.01. The molecule has 1 heterocycles. The van der Waals surface area contributed by atoms with Crippen molar-refractivity contribution >= 4 is 0 Å². The van der Waals surface area contributed by atoms with E-state index in [4.69, 9.17) is 0 Å². The smallest absolute Gasteiger partial charge is 0.146 e. The van der Waals surface area contributed by atoms with E-state index < -0.39 is 0 Å². The van der Waals surface area contributed by atoms with Crippen LogP contribution in [0.3, 0.4) is 0 Å². The van der Waals surface area contributed by atoms with Gasteiger partial charge in [-0.25, -0.2) is 4.39 Å². The molecule has 0 saturated carbocycles. The van der Waals surface area contributed by atoms with E-state index in [2.05, 4.69) is 31.1 Å². The minimum absolute atomic E-state index is 0.1000. The Morgan fingerprint density at radius 2 is 2.00 bits per heavy atom. The van der Waals surface area contributed by atoms with Gasteiger partial charge in [0.15, 0.2) is 0 Å². The first kappa shape index (κ1) is 13.1. The zero-order valence-corrected chi connectivity index (χ0v) is 10.3. The number of rotatable bonds is 6. The number of halogens is 1. The Bertz CT molecular complexity index is 311. The Morgan fingerprint density at radius 1 is 1.31 bits per heavy atom. The van der Waals surface area contributed by atoms with Gasteiger partial charge in [-0.3, -0.25) is 4.98 Å². The molecule has 1 atom stereocenters. The zero-order valence-electron chi connectivity index (χ0n) is 10.3. The first-order chi connectivity index (χ1) is 7.74. The van der Waals surface area contributed by atoms with Crippen molar-refractivity contribution in [2.24, 2.45) is 5.92 Å². The van der Waals surface area contributed by atoms with Crippen LogP contribution >= 0.6 is 0 Å². The van der Waals surface area contributed by atoms with Gasteiger partial charge in [0, 0.05) is 17.8 Å². The van der Waals surface area contributed by atoms with Gasteiger partial charge in [-0.1, -0.05) is 33.6 Å². The summed E-state index contributed by atoms with van der Waals surface area (Å²) in [6.45, 7) is 7.20. The summed E-state index contributed by atoms with van der Waals surface area (Å²) in [6, 6.07) is 1.88. The number of aromatic nitrogens is 1. The number of hydrogen-bond donors (Lipinski definition) is 1. The summed E-state index contributed by atoms with van der Waals surface area (Å²) in [7, 11) is 0. The Morgan fingerprint density at radius 3 is 2.50 bits per heavy atom. The minimum Gasteiger partial charge on any atom is -0.310 e. The summed E-state index contributed by atoms with van der Waals surface area (Å²) in [4.78, 5) is 3.80. The summed E-state index contributed by atoms with van der Waals surface area (Å²) in [5.41, 5.74) is 0.741. The quantitative estimate of drug-likeness (QED) is 0.802. The maximum absolute atomic E-state index is 13.7. The lowest BCUT2D eigenvalue weighted by molar-refractivity contribution is 0.337. The van der Waals surface area contributed by atoms with E-state index in [0.29, 0.717) is 5.92 Å². The SMILES string of the molecule is CCNC(c1ccncc1F)C(CC)CC. The molecular formula is C13H21FN2. The number of hydrogen-bond acceptors (Lipinski definition) is 2. The highest BCUT2D eigenvalue weighted by Crippen LogP contribution is 2.28. The topological polar surface area (TPSA) is 24.9 Å². The van der Waals surface area contributed by atoms with Gasteiger partial charge in [-0.05, 0) is 18.5 Å². The van der Waals surface area contributed by atoms with Crippen molar-refractivity contribution in [3.63, 3.8) is 0 Å². The summed E-state index contributed by atoms with van der Waals surface area (Å²) in [6.07, 6.45) is 5.05. The molecule has 0 fully saturated rings. The van der Waals surface area contributed by atoms with Crippen LogP contribution in [0.4, 0.5) is 4.39 Å². The van der Waals surface area contributed by atoms with Gasteiger partial charge >= 0.3 is 0 Å². The molecule has 0 aliphatic carbocycles. The minimum atomic E-state index is -0.208. The molecule has 1 unspecified atom stereocenters. The maximum atomic E-state index is 13.7. The number of nitrogens with zero attached hydrogens (tertiary/aromatic N) is 1. The summed E-state index contributed by atoms with van der Waals surface area (Å²) < 4.78 is 13.7. The van der Waals surface area contributed by atoms with Crippen LogP contribution < -0.4 is 5.32 Å². The molecule has 0 aliphatic rings. The van der Waals surface area contributed by atoms with Crippen molar-refractivity contribution in [3.05, 3.63) is 29.8 Å². The van der Waals surface area contributed by atoms with Gasteiger partial charge in [0.05, 0.1) is 6.20 Å². The molecule has 0 amide bonds. The van der Waals surface area contributed by atoms with Crippen LogP contribution in [-0.2, 0) is 0 Å². The number of pyridine rings is 1. The lowest BCUT2D eigenvalue weighted by Crippen LogP contribution is -2.28. The van der Waals surface area contributed by atoms with Crippen molar-refractivity contribution in [1.29, 1.82) is 0 Å². The molecule has 1 aromatic rings.